The number of pyridine rings is 1. The predicted molar refractivity (Wildman–Crippen MR) is 95.2 cm³/mol. The zero-order chi connectivity index (χ0) is 17.2. The fraction of sp³-hybridized carbons (Fsp3) is 0.526. The SMILES string of the molecule is CN(Cc1cccnc1)CC1CCN(C(=O)c2n[nH]c3c2CCC3)C1. The third-order valence-corrected chi connectivity index (χ3v) is 5.33. The zero-order valence-electron chi connectivity index (χ0n) is 14.7. The van der Waals surface area contributed by atoms with Crippen LogP contribution in [-0.4, -0.2) is 57.6 Å². The molecule has 1 aliphatic carbocycles. The van der Waals surface area contributed by atoms with Crippen molar-refractivity contribution in [2.24, 2.45) is 5.92 Å². The lowest BCUT2D eigenvalue weighted by Crippen LogP contribution is -2.32. The van der Waals surface area contributed by atoms with Gasteiger partial charge < -0.3 is 9.80 Å². The number of aromatic nitrogens is 3. The number of aryl methyl sites for hydroxylation is 1. The van der Waals surface area contributed by atoms with E-state index in [2.05, 4.69) is 33.2 Å². The summed E-state index contributed by atoms with van der Waals surface area (Å²) in [7, 11) is 2.14. The number of nitrogens with one attached hydrogen (secondary N) is 1. The smallest absolute Gasteiger partial charge is 0.274 e. The molecule has 3 heterocycles. The highest BCUT2D eigenvalue weighted by Gasteiger charge is 2.31. The molecule has 0 radical (unpaired) electrons. The molecule has 2 aromatic heterocycles. The van der Waals surface area contributed by atoms with Gasteiger partial charge in [-0.15, -0.1) is 0 Å². The Bertz CT molecular complexity index is 742. The molecule has 0 aromatic carbocycles. The van der Waals surface area contributed by atoms with Crippen LogP contribution in [-0.2, 0) is 19.4 Å². The molecule has 1 atom stereocenters. The van der Waals surface area contributed by atoms with E-state index in [0.29, 0.717) is 11.6 Å². The van der Waals surface area contributed by atoms with E-state index >= 15 is 0 Å². The second kappa shape index (κ2) is 6.96. The summed E-state index contributed by atoms with van der Waals surface area (Å²) in [5, 5.41) is 7.34. The molecular weight excluding hydrogens is 314 g/mol. The topological polar surface area (TPSA) is 65.1 Å². The Kier molecular flexibility index (Phi) is 4.53. The van der Waals surface area contributed by atoms with Crippen LogP contribution < -0.4 is 0 Å². The highest BCUT2D eigenvalue weighted by atomic mass is 16.2. The van der Waals surface area contributed by atoms with Crippen LogP contribution in [0.2, 0.25) is 0 Å². The second-order valence-electron chi connectivity index (χ2n) is 7.35. The molecule has 0 bridgehead atoms. The van der Waals surface area contributed by atoms with Gasteiger partial charge in [-0.3, -0.25) is 14.9 Å². The number of hydrogen-bond donors (Lipinski definition) is 1. The van der Waals surface area contributed by atoms with Crippen LogP contribution in [0.3, 0.4) is 0 Å². The van der Waals surface area contributed by atoms with Crippen LogP contribution in [0, 0.1) is 5.92 Å². The van der Waals surface area contributed by atoms with Gasteiger partial charge in [0.1, 0.15) is 0 Å². The Labute approximate surface area is 148 Å². The van der Waals surface area contributed by atoms with E-state index in [1.54, 1.807) is 6.20 Å². The van der Waals surface area contributed by atoms with E-state index in [-0.39, 0.29) is 5.91 Å². The average molecular weight is 339 g/mol. The third kappa shape index (κ3) is 3.44. The normalized spacial score (nSPS) is 19.6. The highest BCUT2D eigenvalue weighted by molar-refractivity contribution is 5.94. The molecule has 1 N–H and O–H groups in total. The van der Waals surface area contributed by atoms with Gasteiger partial charge in [0.05, 0.1) is 0 Å². The minimum absolute atomic E-state index is 0.108. The Morgan fingerprint density at radius 2 is 2.36 bits per heavy atom. The van der Waals surface area contributed by atoms with Crippen molar-refractivity contribution < 1.29 is 4.79 Å². The number of carbonyl (C=O) groups is 1. The fourth-order valence-corrected chi connectivity index (χ4v) is 4.12. The predicted octanol–water partition coefficient (Wildman–Crippen LogP) is 1.89. The molecule has 0 spiro atoms. The molecule has 4 rings (SSSR count). The van der Waals surface area contributed by atoms with Gasteiger partial charge in [0.25, 0.3) is 5.91 Å². The first kappa shape index (κ1) is 16.3. The van der Waals surface area contributed by atoms with Gasteiger partial charge in [0, 0.05) is 49.8 Å². The van der Waals surface area contributed by atoms with Crippen molar-refractivity contribution in [3.63, 3.8) is 0 Å². The van der Waals surface area contributed by atoms with Crippen molar-refractivity contribution in [2.45, 2.75) is 32.2 Å². The number of rotatable bonds is 5. The van der Waals surface area contributed by atoms with Crippen LogP contribution in [0.25, 0.3) is 0 Å². The van der Waals surface area contributed by atoms with Crippen molar-refractivity contribution >= 4 is 5.91 Å². The Hall–Kier alpha value is -2.21. The van der Waals surface area contributed by atoms with Gasteiger partial charge in [0.15, 0.2) is 5.69 Å². The van der Waals surface area contributed by atoms with E-state index in [0.717, 1.165) is 63.1 Å². The monoisotopic (exact) mass is 339 g/mol. The van der Waals surface area contributed by atoms with Crippen LogP contribution in [0.1, 0.15) is 40.2 Å². The lowest BCUT2D eigenvalue weighted by Gasteiger charge is -2.21. The fourth-order valence-electron chi connectivity index (χ4n) is 4.12. The Morgan fingerprint density at radius 3 is 3.20 bits per heavy atom. The summed E-state index contributed by atoms with van der Waals surface area (Å²) in [6, 6.07) is 4.08. The maximum atomic E-state index is 12.8. The summed E-state index contributed by atoms with van der Waals surface area (Å²) in [5.41, 5.74) is 4.21. The molecule has 2 aliphatic rings. The molecule has 1 saturated heterocycles. The maximum absolute atomic E-state index is 12.8. The number of carbonyl (C=O) groups excluding carboxylic acids is 1. The Morgan fingerprint density at radius 1 is 1.44 bits per heavy atom. The summed E-state index contributed by atoms with van der Waals surface area (Å²) in [6.45, 7) is 3.56. The van der Waals surface area contributed by atoms with Gasteiger partial charge in [-0.2, -0.15) is 5.10 Å². The summed E-state index contributed by atoms with van der Waals surface area (Å²) < 4.78 is 0. The van der Waals surface area contributed by atoms with Gasteiger partial charge in [-0.1, -0.05) is 6.07 Å². The minimum Gasteiger partial charge on any atom is -0.337 e. The van der Waals surface area contributed by atoms with Crippen LogP contribution in [0.5, 0.6) is 0 Å². The number of aromatic amines is 1. The first-order valence-electron chi connectivity index (χ1n) is 9.13. The lowest BCUT2D eigenvalue weighted by molar-refractivity contribution is 0.0777. The van der Waals surface area contributed by atoms with Crippen molar-refractivity contribution in [3.05, 3.63) is 47.0 Å². The maximum Gasteiger partial charge on any atom is 0.274 e. The molecule has 1 unspecified atom stereocenters. The van der Waals surface area contributed by atoms with Gasteiger partial charge >= 0.3 is 0 Å². The first-order chi connectivity index (χ1) is 12.2. The minimum atomic E-state index is 0.108. The number of nitrogens with zero attached hydrogens (tertiary/aromatic N) is 4. The van der Waals surface area contributed by atoms with Crippen LogP contribution >= 0.6 is 0 Å². The van der Waals surface area contributed by atoms with E-state index < -0.39 is 0 Å². The molecule has 1 fully saturated rings. The van der Waals surface area contributed by atoms with Crippen molar-refractivity contribution in [2.75, 3.05) is 26.7 Å². The van der Waals surface area contributed by atoms with E-state index in [4.69, 9.17) is 0 Å². The van der Waals surface area contributed by atoms with Crippen molar-refractivity contribution in [1.82, 2.24) is 25.0 Å². The quantitative estimate of drug-likeness (QED) is 0.903. The van der Waals surface area contributed by atoms with E-state index in [9.17, 15) is 4.79 Å². The molecule has 2 aromatic rings. The standard InChI is InChI=1S/C19H25N5O/c1-23(11-14-4-3-8-20-10-14)12-15-7-9-24(13-15)19(25)18-16-5-2-6-17(16)21-22-18/h3-4,8,10,15H,2,5-7,9,11-13H2,1H3,(H,21,22). The summed E-state index contributed by atoms with van der Waals surface area (Å²) in [5.74, 6) is 0.634. The number of likely N-dealkylation sites (tertiary alicyclic amines) is 1. The molecule has 6 heteroatoms. The van der Waals surface area contributed by atoms with Gasteiger partial charge in [0.2, 0.25) is 0 Å². The lowest BCUT2D eigenvalue weighted by atomic mass is 10.1. The number of amides is 1. The first-order valence-corrected chi connectivity index (χ1v) is 9.13. The van der Waals surface area contributed by atoms with Crippen LogP contribution in [0.4, 0.5) is 0 Å². The largest absolute Gasteiger partial charge is 0.337 e. The number of hydrogen-bond acceptors (Lipinski definition) is 4. The van der Waals surface area contributed by atoms with Gasteiger partial charge in [-0.25, -0.2) is 0 Å². The number of fused-ring (bicyclic) bond motifs is 1. The van der Waals surface area contributed by atoms with E-state index in [1.165, 1.54) is 5.56 Å². The van der Waals surface area contributed by atoms with Gasteiger partial charge in [-0.05, 0) is 50.3 Å². The molecule has 0 saturated carbocycles. The highest BCUT2D eigenvalue weighted by Crippen LogP contribution is 2.26. The summed E-state index contributed by atoms with van der Waals surface area (Å²) in [4.78, 5) is 21.3. The molecular formula is C19H25N5O. The molecule has 1 amide bonds. The molecule has 6 nitrogen and oxygen atoms in total. The van der Waals surface area contributed by atoms with E-state index in [1.807, 2.05) is 17.2 Å². The molecule has 1 aliphatic heterocycles. The Balaban J connectivity index is 1.32. The summed E-state index contributed by atoms with van der Waals surface area (Å²) in [6.07, 6.45) is 7.92. The third-order valence-electron chi connectivity index (χ3n) is 5.33. The second-order valence-corrected chi connectivity index (χ2v) is 7.35. The summed E-state index contributed by atoms with van der Waals surface area (Å²) >= 11 is 0. The van der Waals surface area contributed by atoms with Crippen molar-refractivity contribution in [1.29, 1.82) is 0 Å². The average Bonchev–Trinajstić information content (AvgIpc) is 3.31. The van der Waals surface area contributed by atoms with Crippen LogP contribution in [0.15, 0.2) is 24.5 Å². The van der Waals surface area contributed by atoms with Crippen molar-refractivity contribution in [3.8, 4) is 0 Å². The zero-order valence-corrected chi connectivity index (χ0v) is 14.7. The number of H-pyrrole nitrogens is 1. The molecule has 132 valence electrons. The molecule has 25 heavy (non-hydrogen) atoms.